The zero-order chi connectivity index (χ0) is 25.5. The molecule has 0 unspecified atom stereocenters. The zero-order valence-electron chi connectivity index (χ0n) is 19.5. The Morgan fingerprint density at radius 1 is 1.11 bits per heavy atom. The third-order valence-electron chi connectivity index (χ3n) is 5.38. The topological polar surface area (TPSA) is 141 Å². The number of hydrogen-bond donors (Lipinski definition) is 4. The van der Waals surface area contributed by atoms with Gasteiger partial charge in [-0.25, -0.2) is 9.31 Å². The largest absolute Gasteiger partial charge is 0.481 e. The van der Waals surface area contributed by atoms with Crippen molar-refractivity contribution in [3.63, 3.8) is 0 Å². The van der Waals surface area contributed by atoms with Crippen LogP contribution in [-0.4, -0.2) is 33.3 Å². The monoisotopic (exact) mass is 484 g/mol. The van der Waals surface area contributed by atoms with Crippen molar-refractivity contribution in [3.05, 3.63) is 78.1 Å². The third-order valence-corrected chi connectivity index (χ3v) is 5.38. The molecule has 2 aromatic carbocycles. The van der Waals surface area contributed by atoms with Crippen LogP contribution < -0.4 is 20.7 Å². The van der Waals surface area contributed by atoms with E-state index in [1.807, 2.05) is 61.5 Å². The summed E-state index contributed by atoms with van der Waals surface area (Å²) >= 11 is 0. The summed E-state index contributed by atoms with van der Waals surface area (Å²) in [5, 5.41) is 31.4. The molecule has 0 spiro atoms. The van der Waals surface area contributed by atoms with Gasteiger partial charge in [0, 0.05) is 24.2 Å². The van der Waals surface area contributed by atoms with E-state index >= 15 is 0 Å². The fourth-order valence-electron chi connectivity index (χ4n) is 3.61. The average molecular weight is 485 g/mol. The van der Waals surface area contributed by atoms with Crippen LogP contribution in [0.4, 0.5) is 21.9 Å². The molecule has 0 saturated heterocycles. The lowest BCUT2D eigenvalue weighted by Crippen LogP contribution is -2.29. The first-order chi connectivity index (χ1) is 17.4. The molecule has 4 aromatic rings. The number of ether oxygens (including phenoxy) is 1. The molecule has 2 aromatic heterocycles. The van der Waals surface area contributed by atoms with Gasteiger partial charge >= 0.3 is 12.0 Å². The first kappa shape index (κ1) is 24.1. The van der Waals surface area contributed by atoms with Crippen LogP contribution in [0.25, 0.3) is 5.52 Å². The van der Waals surface area contributed by atoms with Crippen molar-refractivity contribution in [1.82, 2.24) is 14.9 Å². The maximum Gasteiger partial charge on any atom is 0.319 e. The lowest BCUT2D eigenvalue weighted by atomic mass is 10.1. The number of carbonyl (C=O) groups is 2. The summed E-state index contributed by atoms with van der Waals surface area (Å²) in [6.45, 7) is 2.05. The highest BCUT2D eigenvalue weighted by Crippen LogP contribution is 2.33. The highest BCUT2D eigenvalue weighted by Gasteiger charge is 2.17. The number of fused-ring (bicyclic) bond motifs is 1. The van der Waals surface area contributed by atoms with Crippen molar-refractivity contribution in [2.45, 2.75) is 19.8 Å². The number of amides is 2. The van der Waals surface area contributed by atoms with Gasteiger partial charge in [-0.2, -0.15) is 10.4 Å². The van der Waals surface area contributed by atoms with E-state index < -0.39 is 12.0 Å². The predicted octanol–water partition coefficient (Wildman–Crippen LogP) is 5.04. The number of nitriles is 1. The maximum absolute atomic E-state index is 12.3. The fraction of sp³-hybridized carbons (Fsp3) is 0.154. The van der Waals surface area contributed by atoms with Crippen molar-refractivity contribution >= 4 is 34.6 Å². The van der Waals surface area contributed by atoms with Gasteiger partial charge in [-0.05, 0) is 49.7 Å². The molecule has 0 bridgehead atoms. The quantitative estimate of drug-likeness (QED) is 0.244. The Morgan fingerprint density at radius 3 is 2.53 bits per heavy atom. The van der Waals surface area contributed by atoms with E-state index in [-0.39, 0.29) is 13.0 Å². The van der Waals surface area contributed by atoms with Gasteiger partial charge in [0.1, 0.15) is 17.6 Å². The number of benzene rings is 2. The normalized spacial score (nSPS) is 10.4. The first-order valence-corrected chi connectivity index (χ1v) is 11.2. The lowest BCUT2D eigenvalue weighted by Gasteiger charge is -2.12. The number of carbonyl (C=O) groups excluding carboxylic acids is 1. The summed E-state index contributed by atoms with van der Waals surface area (Å²) in [5.74, 6) is 0.493. The van der Waals surface area contributed by atoms with Crippen LogP contribution in [-0.2, 0) is 4.79 Å². The molecule has 10 nitrogen and oxygen atoms in total. The van der Waals surface area contributed by atoms with Crippen LogP contribution in [0.1, 0.15) is 24.0 Å². The molecule has 10 heteroatoms. The van der Waals surface area contributed by atoms with Crippen LogP contribution in [0.2, 0.25) is 0 Å². The average Bonchev–Trinajstić information content (AvgIpc) is 3.19. The van der Waals surface area contributed by atoms with Crippen molar-refractivity contribution in [1.29, 1.82) is 5.26 Å². The number of para-hydroxylation sites is 1. The van der Waals surface area contributed by atoms with Crippen LogP contribution in [0.3, 0.4) is 0 Å². The minimum absolute atomic E-state index is 0.0231. The molecule has 182 valence electrons. The Kier molecular flexibility index (Phi) is 7.31. The fourth-order valence-corrected chi connectivity index (χ4v) is 3.61. The van der Waals surface area contributed by atoms with Gasteiger partial charge in [-0.15, -0.1) is 0 Å². The lowest BCUT2D eigenvalue weighted by molar-refractivity contribution is -0.137. The Bertz CT molecular complexity index is 1430. The van der Waals surface area contributed by atoms with Crippen LogP contribution in [0.5, 0.6) is 11.5 Å². The predicted molar refractivity (Wildman–Crippen MR) is 135 cm³/mol. The molecule has 2 heterocycles. The van der Waals surface area contributed by atoms with E-state index in [1.165, 1.54) is 6.20 Å². The molecule has 4 rings (SSSR count). The van der Waals surface area contributed by atoms with Gasteiger partial charge < -0.3 is 25.8 Å². The van der Waals surface area contributed by atoms with E-state index in [9.17, 15) is 14.9 Å². The molecule has 0 radical (unpaired) electrons. The number of urea groups is 1. The smallest absolute Gasteiger partial charge is 0.319 e. The molecule has 0 saturated carbocycles. The van der Waals surface area contributed by atoms with Crippen molar-refractivity contribution < 1.29 is 19.4 Å². The minimum atomic E-state index is -0.913. The van der Waals surface area contributed by atoms with Gasteiger partial charge in [0.25, 0.3) is 0 Å². The summed E-state index contributed by atoms with van der Waals surface area (Å²) in [5.41, 5.74) is 3.51. The molecular formula is C26H24N6O4. The number of aliphatic carboxylic acids is 1. The summed E-state index contributed by atoms with van der Waals surface area (Å²) in [6.07, 6.45) is 3.42. The standard InChI is InChI=1S/C26H24N6O4/c1-17-22(31-26(35)28-13-5-8-23(33)34)16-32-25(17)24(18(14-27)15-29-32)30-19-9-11-21(12-10-19)36-20-6-3-2-4-7-20/h2-4,6-7,9-12,15-16,30H,5,8,13H2,1H3,(H,33,34)(H2,28,31,35). The second kappa shape index (κ2) is 10.9. The van der Waals surface area contributed by atoms with E-state index in [0.717, 1.165) is 11.4 Å². The third kappa shape index (κ3) is 5.71. The minimum Gasteiger partial charge on any atom is -0.481 e. The highest BCUT2D eigenvalue weighted by molar-refractivity contribution is 5.94. The number of carboxylic acid groups (broad SMARTS) is 1. The van der Waals surface area contributed by atoms with E-state index in [4.69, 9.17) is 9.84 Å². The van der Waals surface area contributed by atoms with Gasteiger partial charge in [0.15, 0.2) is 0 Å². The second-order valence-corrected chi connectivity index (χ2v) is 7.95. The molecule has 0 atom stereocenters. The first-order valence-electron chi connectivity index (χ1n) is 11.2. The number of hydrogen-bond acceptors (Lipinski definition) is 6. The van der Waals surface area contributed by atoms with Gasteiger partial charge in [0.05, 0.1) is 34.8 Å². The molecule has 2 amide bonds. The van der Waals surface area contributed by atoms with Crippen LogP contribution >= 0.6 is 0 Å². The SMILES string of the molecule is Cc1c(NC(=O)NCCCC(=O)O)cn2ncc(C#N)c(Nc3ccc(Oc4ccccc4)cc3)c12. The maximum atomic E-state index is 12.3. The molecule has 0 aliphatic heterocycles. The Hall–Kier alpha value is -5.04. The summed E-state index contributed by atoms with van der Waals surface area (Å²) in [7, 11) is 0. The molecular weight excluding hydrogens is 460 g/mol. The van der Waals surface area contributed by atoms with Crippen LogP contribution in [0, 0.1) is 18.3 Å². The Morgan fingerprint density at radius 2 is 1.83 bits per heavy atom. The molecule has 4 N–H and O–H groups in total. The van der Waals surface area contributed by atoms with Gasteiger partial charge in [-0.1, -0.05) is 18.2 Å². The second-order valence-electron chi connectivity index (χ2n) is 7.95. The van der Waals surface area contributed by atoms with E-state index in [2.05, 4.69) is 27.1 Å². The Labute approximate surface area is 207 Å². The number of nitrogens with zero attached hydrogens (tertiary/aromatic N) is 3. The number of anilines is 3. The van der Waals surface area contributed by atoms with Gasteiger partial charge in [0.2, 0.25) is 0 Å². The van der Waals surface area contributed by atoms with Crippen molar-refractivity contribution in [2.24, 2.45) is 0 Å². The summed E-state index contributed by atoms with van der Waals surface area (Å²) in [6, 6.07) is 18.5. The van der Waals surface area contributed by atoms with E-state index in [1.54, 1.807) is 10.7 Å². The van der Waals surface area contributed by atoms with Crippen LogP contribution in [0.15, 0.2) is 67.0 Å². The summed E-state index contributed by atoms with van der Waals surface area (Å²) < 4.78 is 7.42. The van der Waals surface area contributed by atoms with Gasteiger partial charge in [-0.3, -0.25) is 4.79 Å². The van der Waals surface area contributed by atoms with E-state index in [0.29, 0.717) is 40.2 Å². The van der Waals surface area contributed by atoms with Crippen molar-refractivity contribution in [2.75, 3.05) is 17.2 Å². The number of nitrogens with one attached hydrogen (secondary N) is 3. The number of aromatic nitrogens is 2. The molecule has 36 heavy (non-hydrogen) atoms. The summed E-state index contributed by atoms with van der Waals surface area (Å²) in [4.78, 5) is 22.9. The zero-order valence-corrected chi connectivity index (χ0v) is 19.5. The Balaban J connectivity index is 1.53. The number of carboxylic acids is 1. The molecule has 0 aliphatic carbocycles. The number of aryl methyl sites for hydroxylation is 1. The van der Waals surface area contributed by atoms with Crippen molar-refractivity contribution in [3.8, 4) is 17.6 Å². The molecule has 0 fully saturated rings. The number of rotatable bonds is 9. The molecule has 0 aliphatic rings. The highest BCUT2D eigenvalue weighted by atomic mass is 16.5.